The van der Waals surface area contributed by atoms with Gasteiger partial charge in [0.05, 0.1) is 28.4 Å². The maximum atomic E-state index is 13.1. The van der Waals surface area contributed by atoms with Crippen molar-refractivity contribution < 1.29 is 22.9 Å². The zero-order chi connectivity index (χ0) is 22.6. The van der Waals surface area contributed by atoms with Gasteiger partial charge >= 0.3 is 6.18 Å². The molecule has 0 aliphatic carbocycles. The molecule has 1 aromatic heterocycles. The van der Waals surface area contributed by atoms with Crippen LogP contribution in [0.15, 0.2) is 55.1 Å². The molecule has 0 saturated heterocycles. The van der Waals surface area contributed by atoms with Gasteiger partial charge in [0.25, 0.3) is 5.69 Å². The number of rotatable bonds is 7. The van der Waals surface area contributed by atoms with Gasteiger partial charge in [0, 0.05) is 18.2 Å². The molecule has 0 bridgehead atoms. The number of para-hydroxylation sites is 1. The highest BCUT2D eigenvalue weighted by molar-refractivity contribution is 5.94. The lowest BCUT2D eigenvalue weighted by Crippen LogP contribution is -2.30. The van der Waals surface area contributed by atoms with E-state index in [4.69, 9.17) is 0 Å². The highest BCUT2D eigenvalue weighted by Gasteiger charge is 2.31. The molecule has 1 amide bonds. The van der Waals surface area contributed by atoms with Crippen LogP contribution in [0.3, 0.4) is 0 Å². The van der Waals surface area contributed by atoms with Gasteiger partial charge in [-0.1, -0.05) is 18.2 Å². The van der Waals surface area contributed by atoms with E-state index in [1.54, 1.807) is 19.2 Å². The Morgan fingerprint density at radius 2 is 2.00 bits per heavy atom. The van der Waals surface area contributed by atoms with Crippen molar-refractivity contribution in [2.75, 3.05) is 18.9 Å². The highest BCUT2D eigenvalue weighted by atomic mass is 19.4. The summed E-state index contributed by atoms with van der Waals surface area (Å²) in [6.45, 7) is -0.109. The fourth-order valence-corrected chi connectivity index (χ4v) is 2.95. The molecule has 0 saturated carbocycles. The van der Waals surface area contributed by atoms with Crippen LogP contribution in [0.4, 0.5) is 24.5 Å². The predicted octanol–water partition coefficient (Wildman–Crippen LogP) is 3.26. The van der Waals surface area contributed by atoms with Crippen LogP contribution in [0.5, 0.6) is 0 Å². The summed E-state index contributed by atoms with van der Waals surface area (Å²) in [4.78, 5) is 28.4. The molecule has 1 N–H and O–H groups in total. The summed E-state index contributed by atoms with van der Waals surface area (Å²) in [5.41, 5.74) is -0.490. The maximum absolute atomic E-state index is 13.1. The lowest BCUT2D eigenvalue weighted by atomic mass is 10.1. The quantitative estimate of drug-likeness (QED) is 0.452. The second-order valence-electron chi connectivity index (χ2n) is 6.68. The molecule has 0 aliphatic heterocycles. The number of nitrogens with zero attached hydrogens (tertiary/aromatic N) is 5. The van der Waals surface area contributed by atoms with E-state index in [9.17, 15) is 28.1 Å². The Morgan fingerprint density at radius 3 is 2.65 bits per heavy atom. The maximum Gasteiger partial charge on any atom is 0.416 e. The molecular weight excluding hydrogens is 417 g/mol. The zero-order valence-corrected chi connectivity index (χ0v) is 16.2. The molecule has 0 atom stereocenters. The number of likely N-dealkylation sites (N-methyl/N-ethyl adjacent to an activating group) is 1. The van der Waals surface area contributed by atoms with Crippen molar-refractivity contribution in [1.82, 2.24) is 19.7 Å². The van der Waals surface area contributed by atoms with E-state index in [1.807, 2.05) is 0 Å². The highest BCUT2D eigenvalue weighted by Crippen LogP contribution is 2.33. The molecule has 0 unspecified atom stereocenters. The van der Waals surface area contributed by atoms with E-state index in [0.717, 1.165) is 12.1 Å². The number of aromatic nitrogens is 3. The summed E-state index contributed by atoms with van der Waals surface area (Å²) in [7, 11) is 1.57. The Kier molecular flexibility index (Phi) is 6.30. The van der Waals surface area contributed by atoms with Gasteiger partial charge in [-0.15, -0.1) is 0 Å². The molecule has 31 heavy (non-hydrogen) atoms. The molecule has 1 heterocycles. The summed E-state index contributed by atoms with van der Waals surface area (Å²) in [5, 5.41) is 17.5. The lowest BCUT2D eigenvalue weighted by molar-refractivity contribution is -0.385. The molecule has 2 aromatic carbocycles. The monoisotopic (exact) mass is 434 g/mol. The molecule has 162 valence electrons. The second-order valence-corrected chi connectivity index (χ2v) is 6.68. The van der Waals surface area contributed by atoms with E-state index in [1.165, 1.54) is 40.4 Å². The first-order valence-electron chi connectivity index (χ1n) is 8.92. The molecule has 9 nitrogen and oxygen atoms in total. The van der Waals surface area contributed by atoms with Crippen LogP contribution in [0, 0.1) is 10.1 Å². The number of hydrogen-bond acceptors (Lipinski definition) is 6. The average Bonchev–Trinajstić information content (AvgIpc) is 3.21. The fraction of sp³-hybridized carbons (Fsp3) is 0.211. The SMILES string of the molecule is CN(CC(=O)Nc1cc(C(F)(F)F)ccc1-n1cncn1)Cc1ccccc1[N+](=O)[O-]. The number of benzene rings is 2. The van der Waals surface area contributed by atoms with Crippen molar-refractivity contribution in [3.63, 3.8) is 0 Å². The minimum Gasteiger partial charge on any atom is -0.323 e. The minimum atomic E-state index is -4.59. The van der Waals surface area contributed by atoms with Gasteiger partial charge in [0.1, 0.15) is 12.7 Å². The van der Waals surface area contributed by atoms with Gasteiger partial charge in [-0.2, -0.15) is 18.3 Å². The topological polar surface area (TPSA) is 106 Å². The number of nitrogens with one attached hydrogen (secondary N) is 1. The van der Waals surface area contributed by atoms with E-state index < -0.39 is 22.6 Å². The van der Waals surface area contributed by atoms with Crippen LogP contribution >= 0.6 is 0 Å². The van der Waals surface area contributed by atoms with Gasteiger partial charge in [-0.3, -0.25) is 19.8 Å². The number of carbonyl (C=O) groups excluding carboxylic acids is 1. The standard InChI is InChI=1S/C19H17F3N6O3/c1-26(9-13-4-2-3-5-16(13)28(30)31)10-18(29)25-15-8-14(19(20,21)22)6-7-17(15)27-12-23-11-24-27/h2-8,11-12H,9-10H2,1H3,(H,25,29). The summed E-state index contributed by atoms with van der Waals surface area (Å²) in [6, 6.07) is 8.99. The third-order valence-corrected chi connectivity index (χ3v) is 4.31. The number of nitro groups is 1. The van der Waals surface area contributed by atoms with Crippen molar-refractivity contribution in [2.24, 2.45) is 0 Å². The Hall–Kier alpha value is -3.80. The first kappa shape index (κ1) is 21.9. The predicted molar refractivity (Wildman–Crippen MR) is 104 cm³/mol. The summed E-state index contributed by atoms with van der Waals surface area (Å²) < 4.78 is 40.6. The summed E-state index contributed by atoms with van der Waals surface area (Å²) in [6.07, 6.45) is -2.09. The van der Waals surface area contributed by atoms with Crippen LogP contribution in [0.2, 0.25) is 0 Å². The summed E-state index contributed by atoms with van der Waals surface area (Å²) >= 11 is 0. The van der Waals surface area contributed by atoms with Gasteiger partial charge in [-0.05, 0) is 25.2 Å². The largest absolute Gasteiger partial charge is 0.416 e. The van der Waals surface area contributed by atoms with Gasteiger partial charge in [-0.25, -0.2) is 9.67 Å². The van der Waals surface area contributed by atoms with Crippen LogP contribution in [0.1, 0.15) is 11.1 Å². The number of alkyl halides is 3. The van der Waals surface area contributed by atoms with E-state index >= 15 is 0 Å². The Labute approximate surface area is 174 Å². The Morgan fingerprint density at radius 1 is 1.26 bits per heavy atom. The van der Waals surface area contributed by atoms with E-state index in [2.05, 4.69) is 15.4 Å². The number of nitro benzene ring substituents is 1. The first-order valence-corrected chi connectivity index (χ1v) is 8.92. The van der Waals surface area contributed by atoms with E-state index in [-0.39, 0.29) is 30.2 Å². The second kappa shape index (κ2) is 8.92. The molecular formula is C19H17F3N6O3. The Bertz CT molecular complexity index is 1090. The molecule has 3 aromatic rings. The third-order valence-electron chi connectivity index (χ3n) is 4.31. The molecule has 3 rings (SSSR count). The lowest BCUT2D eigenvalue weighted by Gasteiger charge is -2.18. The average molecular weight is 434 g/mol. The summed E-state index contributed by atoms with van der Waals surface area (Å²) in [5.74, 6) is -0.596. The normalized spacial score (nSPS) is 11.5. The van der Waals surface area contributed by atoms with Crippen molar-refractivity contribution >= 4 is 17.3 Å². The zero-order valence-electron chi connectivity index (χ0n) is 16.2. The van der Waals surface area contributed by atoms with Crippen LogP contribution < -0.4 is 5.32 Å². The number of anilines is 1. The van der Waals surface area contributed by atoms with Crippen LogP contribution in [0.25, 0.3) is 5.69 Å². The van der Waals surface area contributed by atoms with Crippen molar-refractivity contribution in [2.45, 2.75) is 12.7 Å². The van der Waals surface area contributed by atoms with Crippen molar-refractivity contribution in [3.8, 4) is 5.69 Å². The van der Waals surface area contributed by atoms with Crippen molar-refractivity contribution in [1.29, 1.82) is 0 Å². The van der Waals surface area contributed by atoms with Crippen LogP contribution in [-0.4, -0.2) is 44.1 Å². The van der Waals surface area contributed by atoms with E-state index in [0.29, 0.717) is 5.56 Å². The molecule has 0 radical (unpaired) electrons. The molecule has 12 heteroatoms. The third kappa shape index (κ3) is 5.42. The Balaban J connectivity index is 1.77. The minimum absolute atomic E-state index is 0.0823. The van der Waals surface area contributed by atoms with Gasteiger partial charge in [0.15, 0.2) is 0 Å². The number of carbonyl (C=O) groups is 1. The number of hydrogen-bond donors (Lipinski definition) is 1. The van der Waals surface area contributed by atoms with Crippen LogP contribution in [-0.2, 0) is 17.5 Å². The fourth-order valence-electron chi connectivity index (χ4n) is 2.95. The molecule has 0 aliphatic rings. The van der Waals surface area contributed by atoms with Gasteiger partial charge in [0.2, 0.25) is 5.91 Å². The first-order chi connectivity index (χ1) is 14.6. The number of halogens is 3. The molecule has 0 spiro atoms. The smallest absolute Gasteiger partial charge is 0.323 e. The van der Waals surface area contributed by atoms with Gasteiger partial charge < -0.3 is 5.32 Å². The number of amides is 1. The van der Waals surface area contributed by atoms with Crippen molar-refractivity contribution in [3.05, 3.63) is 76.4 Å². The molecule has 0 fully saturated rings.